The standard InChI is InChI=1S/C18H17FN2O3/c19-15-4-1-3-14(13-15)6-7-17(22)20-8-10-21(11-9-20)18(23)16-5-2-12-24-16/h1-7,12-13H,8-11H2/b7-6+. The quantitative estimate of drug-likeness (QED) is 0.813. The Morgan fingerprint density at radius 3 is 2.46 bits per heavy atom. The van der Waals surface area contributed by atoms with Crippen molar-refractivity contribution >= 4 is 17.9 Å². The highest BCUT2D eigenvalue weighted by Crippen LogP contribution is 2.11. The summed E-state index contributed by atoms with van der Waals surface area (Å²) < 4.78 is 18.2. The lowest BCUT2D eigenvalue weighted by molar-refractivity contribution is -0.127. The number of halogens is 1. The Morgan fingerprint density at radius 1 is 1.04 bits per heavy atom. The summed E-state index contributed by atoms with van der Waals surface area (Å²) in [5.74, 6) is -0.345. The Bertz CT molecular complexity index is 747. The second-order valence-corrected chi connectivity index (χ2v) is 5.48. The van der Waals surface area contributed by atoms with Gasteiger partial charge >= 0.3 is 0 Å². The molecule has 2 heterocycles. The van der Waals surface area contributed by atoms with Crippen LogP contribution in [0.4, 0.5) is 4.39 Å². The maximum absolute atomic E-state index is 13.1. The van der Waals surface area contributed by atoms with Gasteiger partial charge in [0.1, 0.15) is 5.82 Å². The van der Waals surface area contributed by atoms with Gasteiger partial charge in [-0.1, -0.05) is 12.1 Å². The van der Waals surface area contributed by atoms with E-state index < -0.39 is 0 Å². The highest BCUT2D eigenvalue weighted by molar-refractivity contribution is 5.93. The van der Waals surface area contributed by atoms with Gasteiger partial charge in [0, 0.05) is 32.3 Å². The molecule has 6 heteroatoms. The number of hydrogen-bond acceptors (Lipinski definition) is 3. The van der Waals surface area contributed by atoms with Crippen molar-refractivity contribution in [1.82, 2.24) is 9.80 Å². The van der Waals surface area contributed by atoms with Crippen LogP contribution in [0, 0.1) is 5.82 Å². The summed E-state index contributed by atoms with van der Waals surface area (Å²) in [7, 11) is 0. The Morgan fingerprint density at radius 2 is 1.79 bits per heavy atom. The minimum atomic E-state index is -0.338. The normalized spacial score (nSPS) is 15.0. The number of carbonyl (C=O) groups excluding carboxylic acids is 2. The van der Waals surface area contributed by atoms with Gasteiger partial charge in [0.2, 0.25) is 5.91 Å². The van der Waals surface area contributed by atoms with E-state index in [1.54, 1.807) is 40.1 Å². The number of nitrogens with zero attached hydrogens (tertiary/aromatic N) is 2. The molecule has 0 unspecified atom stereocenters. The summed E-state index contributed by atoms with van der Waals surface area (Å²) in [6.45, 7) is 1.83. The van der Waals surface area contributed by atoms with Gasteiger partial charge in [-0.05, 0) is 35.9 Å². The largest absolute Gasteiger partial charge is 0.459 e. The van der Waals surface area contributed by atoms with Gasteiger partial charge in [0.05, 0.1) is 6.26 Å². The highest BCUT2D eigenvalue weighted by Gasteiger charge is 2.25. The van der Waals surface area contributed by atoms with E-state index in [1.807, 2.05) is 0 Å². The first kappa shape index (κ1) is 16.0. The van der Waals surface area contributed by atoms with Crippen LogP contribution in [0.2, 0.25) is 0 Å². The molecule has 1 aliphatic rings. The minimum absolute atomic E-state index is 0.149. The molecule has 0 spiro atoms. The third-order valence-electron chi connectivity index (χ3n) is 3.88. The van der Waals surface area contributed by atoms with Crippen molar-refractivity contribution in [3.05, 3.63) is 65.9 Å². The Balaban J connectivity index is 1.54. The summed E-state index contributed by atoms with van der Waals surface area (Å²) >= 11 is 0. The van der Waals surface area contributed by atoms with E-state index in [1.165, 1.54) is 24.5 Å². The maximum Gasteiger partial charge on any atom is 0.289 e. The summed E-state index contributed by atoms with van der Waals surface area (Å²) in [5, 5.41) is 0. The van der Waals surface area contributed by atoms with E-state index >= 15 is 0 Å². The number of rotatable bonds is 3. The van der Waals surface area contributed by atoms with Crippen molar-refractivity contribution < 1.29 is 18.4 Å². The monoisotopic (exact) mass is 328 g/mol. The molecule has 2 amide bonds. The van der Waals surface area contributed by atoms with E-state index in [2.05, 4.69) is 0 Å². The van der Waals surface area contributed by atoms with E-state index in [0.29, 0.717) is 37.5 Å². The average Bonchev–Trinajstić information content (AvgIpc) is 3.14. The van der Waals surface area contributed by atoms with Gasteiger partial charge in [0.25, 0.3) is 5.91 Å². The fraction of sp³-hybridized carbons (Fsp3) is 0.222. The molecule has 0 atom stereocenters. The molecule has 0 aliphatic carbocycles. The molecule has 2 aromatic rings. The fourth-order valence-electron chi connectivity index (χ4n) is 2.57. The molecule has 0 bridgehead atoms. The Kier molecular flexibility index (Phi) is 4.74. The lowest BCUT2D eigenvalue weighted by atomic mass is 10.2. The zero-order valence-electron chi connectivity index (χ0n) is 13.0. The number of furan rings is 1. The van der Waals surface area contributed by atoms with E-state index in [4.69, 9.17) is 4.42 Å². The van der Waals surface area contributed by atoms with Gasteiger partial charge in [-0.3, -0.25) is 9.59 Å². The van der Waals surface area contributed by atoms with Gasteiger partial charge in [0.15, 0.2) is 5.76 Å². The summed E-state index contributed by atoms with van der Waals surface area (Å²) in [6, 6.07) is 9.34. The summed E-state index contributed by atoms with van der Waals surface area (Å²) in [6.07, 6.45) is 4.48. The maximum atomic E-state index is 13.1. The number of piperazine rings is 1. The number of carbonyl (C=O) groups is 2. The molecule has 3 rings (SSSR count). The smallest absolute Gasteiger partial charge is 0.289 e. The molecular weight excluding hydrogens is 311 g/mol. The van der Waals surface area contributed by atoms with E-state index in [9.17, 15) is 14.0 Å². The minimum Gasteiger partial charge on any atom is -0.459 e. The van der Waals surface area contributed by atoms with Crippen molar-refractivity contribution in [1.29, 1.82) is 0 Å². The number of hydrogen-bond donors (Lipinski definition) is 0. The predicted octanol–water partition coefficient (Wildman–Crippen LogP) is 2.42. The van der Waals surface area contributed by atoms with Crippen molar-refractivity contribution in [3.63, 3.8) is 0 Å². The van der Waals surface area contributed by atoms with Crippen molar-refractivity contribution in [2.24, 2.45) is 0 Å². The van der Waals surface area contributed by atoms with Crippen LogP contribution in [-0.2, 0) is 4.79 Å². The lowest BCUT2D eigenvalue weighted by Gasteiger charge is -2.33. The van der Waals surface area contributed by atoms with Crippen molar-refractivity contribution in [2.45, 2.75) is 0 Å². The van der Waals surface area contributed by atoms with Crippen LogP contribution in [0.1, 0.15) is 16.1 Å². The SMILES string of the molecule is O=C(/C=C/c1cccc(F)c1)N1CCN(C(=O)c2ccco2)CC1. The molecule has 1 saturated heterocycles. The lowest BCUT2D eigenvalue weighted by Crippen LogP contribution is -2.50. The summed E-state index contributed by atoms with van der Waals surface area (Å²) in [4.78, 5) is 27.7. The average molecular weight is 328 g/mol. The first-order valence-corrected chi connectivity index (χ1v) is 7.69. The fourth-order valence-corrected chi connectivity index (χ4v) is 2.57. The third kappa shape index (κ3) is 3.71. The second kappa shape index (κ2) is 7.12. The van der Waals surface area contributed by atoms with Crippen LogP contribution in [0.3, 0.4) is 0 Å². The molecule has 0 radical (unpaired) electrons. The second-order valence-electron chi connectivity index (χ2n) is 5.48. The molecular formula is C18H17FN2O3. The van der Waals surface area contributed by atoms with Crippen LogP contribution in [0.15, 0.2) is 53.2 Å². The van der Waals surface area contributed by atoms with Gasteiger partial charge in [-0.25, -0.2) is 4.39 Å². The molecule has 1 aromatic heterocycles. The Hall–Kier alpha value is -2.89. The molecule has 1 aliphatic heterocycles. The van der Waals surface area contributed by atoms with E-state index in [0.717, 1.165) is 0 Å². The first-order valence-electron chi connectivity index (χ1n) is 7.69. The van der Waals surface area contributed by atoms with E-state index in [-0.39, 0.29) is 17.6 Å². The van der Waals surface area contributed by atoms with Gasteiger partial charge in [-0.15, -0.1) is 0 Å². The summed E-state index contributed by atoms with van der Waals surface area (Å²) in [5.41, 5.74) is 0.634. The molecule has 1 aromatic carbocycles. The first-order chi connectivity index (χ1) is 11.6. The van der Waals surface area contributed by atoms with Gasteiger partial charge in [-0.2, -0.15) is 0 Å². The van der Waals surface area contributed by atoms with Crippen LogP contribution in [0.25, 0.3) is 6.08 Å². The van der Waals surface area contributed by atoms with Crippen molar-refractivity contribution in [2.75, 3.05) is 26.2 Å². The number of benzene rings is 1. The van der Waals surface area contributed by atoms with Gasteiger partial charge < -0.3 is 14.2 Å². The zero-order valence-corrected chi connectivity index (χ0v) is 13.0. The Labute approximate surface area is 139 Å². The van der Waals surface area contributed by atoms with Crippen molar-refractivity contribution in [3.8, 4) is 0 Å². The number of amides is 2. The third-order valence-corrected chi connectivity index (χ3v) is 3.88. The van der Waals surface area contributed by atoms with Crippen LogP contribution in [0.5, 0.6) is 0 Å². The topological polar surface area (TPSA) is 53.8 Å². The molecule has 5 nitrogen and oxygen atoms in total. The predicted molar refractivity (Wildman–Crippen MR) is 86.6 cm³/mol. The zero-order chi connectivity index (χ0) is 16.9. The molecule has 0 saturated carbocycles. The van der Waals surface area contributed by atoms with Crippen LogP contribution >= 0.6 is 0 Å². The molecule has 24 heavy (non-hydrogen) atoms. The molecule has 1 fully saturated rings. The van der Waals surface area contributed by atoms with Crippen LogP contribution < -0.4 is 0 Å². The molecule has 124 valence electrons. The van der Waals surface area contributed by atoms with Crippen LogP contribution in [-0.4, -0.2) is 47.8 Å². The highest BCUT2D eigenvalue weighted by atomic mass is 19.1. The molecule has 0 N–H and O–H groups in total.